The number of aromatic nitrogens is 2. The van der Waals surface area contributed by atoms with Crippen LogP contribution in [0.2, 0.25) is 5.02 Å². The van der Waals surface area contributed by atoms with Crippen molar-refractivity contribution in [3.8, 4) is 23.1 Å². The minimum absolute atomic E-state index is 0.239. The van der Waals surface area contributed by atoms with Gasteiger partial charge in [0.05, 0.1) is 12.7 Å². The first-order valence-corrected chi connectivity index (χ1v) is 10.6. The Kier molecular flexibility index (Phi) is 5.54. The van der Waals surface area contributed by atoms with Gasteiger partial charge < -0.3 is 20.1 Å². The number of carbonyl (C=O) groups excluding carboxylic acids is 1. The van der Waals surface area contributed by atoms with E-state index in [0.29, 0.717) is 34.7 Å². The lowest BCUT2D eigenvalue weighted by Gasteiger charge is -2.29. The van der Waals surface area contributed by atoms with Crippen molar-refractivity contribution in [2.24, 2.45) is 0 Å². The average Bonchev–Trinajstić information content (AvgIpc) is 3.25. The Balaban J connectivity index is 1.44. The summed E-state index contributed by atoms with van der Waals surface area (Å²) in [6.07, 6.45) is 4.69. The average molecular weight is 459 g/mol. The maximum Gasteiger partial charge on any atom is 0.315 e. The minimum atomic E-state index is -0.766. The molecule has 1 atom stereocenters. The highest BCUT2D eigenvalue weighted by Crippen LogP contribution is 2.35. The van der Waals surface area contributed by atoms with E-state index in [1.54, 1.807) is 30.7 Å². The van der Waals surface area contributed by atoms with Crippen LogP contribution in [0.3, 0.4) is 0 Å². The normalized spacial score (nSPS) is 17.2. The zero-order valence-electron chi connectivity index (χ0n) is 17.4. The molecule has 2 amide bonds. The highest BCUT2D eigenvalue weighted by atomic mass is 35.5. The molecule has 1 unspecified atom stereocenters. The Morgan fingerprint density at radius 3 is 2.27 bits per heavy atom. The molecule has 0 bridgehead atoms. The van der Waals surface area contributed by atoms with Gasteiger partial charge >= 0.3 is 6.03 Å². The molecule has 3 aromatic carbocycles. The van der Waals surface area contributed by atoms with Gasteiger partial charge in [0.1, 0.15) is 22.8 Å². The molecule has 33 heavy (non-hydrogen) atoms. The molecule has 1 aliphatic rings. The van der Waals surface area contributed by atoms with Crippen LogP contribution < -0.4 is 20.1 Å². The van der Waals surface area contributed by atoms with Crippen LogP contribution in [-0.2, 0) is 5.54 Å². The number of hydrogen-bond acceptors (Lipinski definition) is 5. The monoisotopic (exact) mass is 458 g/mol. The number of halogens is 1. The molecule has 1 fully saturated rings. The summed E-state index contributed by atoms with van der Waals surface area (Å²) in [5.41, 5.74) is 1.01. The van der Waals surface area contributed by atoms with E-state index in [1.807, 2.05) is 60.7 Å². The molecule has 8 heteroatoms. The predicted molar refractivity (Wildman–Crippen MR) is 124 cm³/mol. The first-order chi connectivity index (χ1) is 16.1. The van der Waals surface area contributed by atoms with Crippen LogP contribution in [0.4, 0.5) is 4.79 Å². The van der Waals surface area contributed by atoms with E-state index in [-0.39, 0.29) is 6.03 Å². The molecule has 0 saturated carbocycles. The fourth-order valence-electron chi connectivity index (χ4n) is 3.74. The predicted octanol–water partition coefficient (Wildman–Crippen LogP) is 5.27. The zero-order chi connectivity index (χ0) is 22.7. The van der Waals surface area contributed by atoms with E-state index in [1.165, 1.54) is 0 Å². The first-order valence-electron chi connectivity index (χ1n) is 10.3. The number of urea groups is 1. The lowest BCUT2D eigenvalue weighted by Crippen LogP contribution is -2.41. The first kappa shape index (κ1) is 20.8. The van der Waals surface area contributed by atoms with Gasteiger partial charge in [-0.05, 0) is 59.7 Å². The van der Waals surface area contributed by atoms with Crippen LogP contribution in [0.15, 0.2) is 91.4 Å². The summed E-state index contributed by atoms with van der Waals surface area (Å²) in [5, 5.41) is 6.60. The molecule has 0 spiro atoms. The molecule has 4 aromatic rings. The van der Waals surface area contributed by atoms with E-state index in [2.05, 4.69) is 20.6 Å². The number of amides is 2. The molecule has 7 nitrogen and oxygen atoms in total. The second-order valence-corrected chi connectivity index (χ2v) is 7.90. The third-order valence-electron chi connectivity index (χ3n) is 5.33. The summed E-state index contributed by atoms with van der Waals surface area (Å²) in [4.78, 5) is 20.4. The number of hydrogen-bond donors (Lipinski definition) is 2. The number of benzene rings is 3. The maximum absolute atomic E-state index is 12.2. The van der Waals surface area contributed by atoms with Gasteiger partial charge in [0.2, 0.25) is 5.88 Å². The van der Waals surface area contributed by atoms with Gasteiger partial charge in [-0.15, -0.1) is 0 Å². The Morgan fingerprint density at radius 1 is 0.848 bits per heavy atom. The lowest BCUT2D eigenvalue weighted by molar-refractivity contribution is 0.246. The van der Waals surface area contributed by atoms with E-state index in [9.17, 15) is 4.79 Å². The highest BCUT2D eigenvalue weighted by molar-refractivity contribution is 6.30. The van der Waals surface area contributed by atoms with Gasteiger partial charge in [-0.3, -0.25) is 4.98 Å². The van der Waals surface area contributed by atoms with Crippen molar-refractivity contribution in [2.75, 3.05) is 6.54 Å². The summed E-state index contributed by atoms with van der Waals surface area (Å²) in [6, 6.07) is 22.1. The quantitative estimate of drug-likeness (QED) is 0.411. The molecule has 1 saturated heterocycles. The van der Waals surface area contributed by atoms with Crippen LogP contribution >= 0.6 is 11.6 Å². The molecule has 0 aliphatic carbocycles. The molecule has 2 heterocycles. The molecular weight excluding hydrogens is 440 g/mol. The second kappa shape index (κ2) is 8.80. The maximum atomic E-state index is 12.2. The lowest BCUT2D eigenvalue weighted by atomic mass is 9.83. The number of nitrogens with one attached hydrogen (secondary N) is 2. The summed E-state index contributed by atoms with van der Waals surface area (Å²) in [6.45, 7) is 0.387. The van der Waals surface area contributed by atoms with Crippen molar-refractivity contribution in [1.29, 1.82) is 0 Å². The van der Waals surface area contributed by atoms with Gasteiger partial charge in [0, 0.05) is 17.4 Å². The van der Waals surface area contributed by atoms with Crippen molar-refractivity contribution in [3.63, 3.8) is 0 Å². The Labute approximate surface area is 195 Å². The standard InChI is InChI=1S/C25H19ClN4O3/c26-19-6-10-21(11-7-19)32-20-8-4-17(5-9-20)25(16-29-24(31)30-25)18-2-1-3-22(14-18)33-23-15-27-12-13-28-23/h1-15H,16H2,(H2,29,30,31). The largest absolute Gasteiger partial charge is 0.457 e. The Hall–Kier alpha value is -4.10. The summed E-state index contributed by atoms with van der Waals surface area (Å²) < 4.78 is 11.7. The number of carbonyl (C=O) groups is 1. The van der Waals surface area contributed by atoms with E-state index in [0.717, 1.165) is 11.1 Å². The molecule has 0 radical (unpaired) electrons. The van der Waals surface area contributed by atoms with Gasteiger partial charge in [-0.2, -0.15) is 0 Å². The van der Waals surface area contributed by atoms with Gasteiger partial charge in [0.25, 0.3) is 0 Å². The smallest absolute Gasteiger partial charge is 0.315 e. The van der Waals surface area contributed by atoms with Gasteiger partial charge in [-0.1, -0.05) is 35.9 Å². The molecule has 1 aromatic heterocycles. The molecule has 1 aliphatic heterocycles. The van der Waals surface area contributed by atoms with E-state index < -0.39 is 5.54 Å². The van der Waals surface area contributed by atoms with E-state index >= 15 is 0 Å². The Bertz CT molecular complexity index is 1270. The van der Waals surface area contributed by atoms with Crippen LogP contribution in [0.25, 0.3) is 0 Å². The van der Waals surface area contributed by atoms with Crippen LogP contribution in [0, 0.1) is 0 Å². The minimum Gasteiger partial charge on any atom is -0.457 e. The van der Waals surface area contributed by atoms with Crippen molar-refractivity contribution < 1.29 is 14.3 Å². The fraction of sp³-hybridized carbons (Fsp3) is 0.0800. The number of ether oxygens (including phenoxy) is 2. The van der Waals surface area contributed by atoms with Crippen LogP contribution in [0.1, 0.15) is 11.1 Å². The molecule has 2 N–H and O–H groups in total. The topological polar surface area (TPSA) is 85.4 Å². The second-order valence-electron chi connectivity index (χ2n) is 7.47. The summed E-state index contributed by atoms with van der Waals surface area (Å²) in [7, 11) is 0. The number of nitrogens with zero attached hydrogens (tertiary/aromatic N) is 2. The molecular formula is C25H19ClN4O3. The fourth-order valence-corrected chi connectivity index (χ4v) is 3.87. The van der Waals surface area contributed by atoms with E-state index in [4.69, 9.17) is 21.1 Å². The van der Waals surface area contributed by atoms with Crippen molar-refractivity contribution in [2.45, 2.75) is 5.54 Å². The SMILES string of the molecule is O=C1NCC(c2ccc(Oc3ccc(Cl)cc3)cc2)(c2cccc(Oc3cnccn3)c2)N1. The van der Waals surface area contributed by atoms with Crippen molar-refractivity contribution in [1.82, 2.24) is 20.6 Å². The van der Waals surface area contributed by atoms with Crippen molar-refractivity contribution >= 4 is 17.6 Å². The highest BCUT2D eigenvalue weighted by Gasteiger charge is 2.41. The summed E-state index contributed by atoms with van der Waals surface area (Å²) >= 11 is 5.94. The zero-order valence-corrected chi connectivity index (χ0v) is 18.1. The van der Waals surface area contributed by atoms with Gasteiger partial charge in [0.15, 0.2) is 0 Å². The Morgan fingerprint density at radius 2 is 1.61 bits per heavy atom. The third kappa shape index (κ3) is 4.44. The molecule has 5 rings (SSSR count). The van der Waals surface area contributed by atoms with Crippen molar-refractivity contribution in [3.05, 3.63) is 108 Å². The van der Waals surface area contributed by atoms with Gasteiger partial charge in [-0.25, -0.2) is 9.78 Å². The summed E-state index contributed by atoms with van der Waals surface area (Å²) in [5.74, 6) is 2.34. The number of rotatable bonds is 6. The van der Waals surface area contributed by atoms with Crippen LogP contribution in [-0.4, -0.2) is 22.5 Å². The molecule has 164 valence electrons. The third-order valence-corrected chi connectivity index (χ3v) is 5.58. The van der Waals surface area contributed by atoms with Crippen LogP contribution in [0.5, 0.6) is 23.1 Å².